The van der Waals surface area contributed by atoms with Gasteiger partial charge in [0.25, 0.3) is 5.56 Å². The van der Waals surface area contributed by atoms with Crippen molar-refractivity contribution in [3.05, 3.63) is 89.6 Å². The Morgan fingerprint density at radius 2 is 1.92 bits per heavy atom. The lowest BCUT2D eigenvalue weighted by Crippen LogP contribution is -2.40. The Labute approximate surface area is 223 Å². The first-order valence-electron chi connectivity index (χ1n) is 12.3. The van der Waals surface area contributed by atoms with Crippen LogP contribution in [0.3, 0.4) is 0 Å². The highest BCUT2D eigenvalue weighted by Gasteiger charge is 2.35. The molecule has 1 saturated heterocycles. The molecule has 0 saturated carbocycles. The normalized spacial score (nSPS) is 17.6. The van der Waals surface area contributed by atoms with Crippen LogP contribution in [0, 0.1) is 0 Å². The van der Waals surface area contributed by atoms with Crippen LogP contribution < -0.4 is 24.5 Å². The van der Waals surface area contributed by atoms with Crippen molar-refractivity contribution < 1.29 is 14.3 Å². The van der Waals surface area contributed by atoms with Crippen molar-refractivity contribution in [1.82, 2.24) is 4.57 Å². The van der Waals surface area contributed by atoms with Crippen LogP contribution in [0.5, 0.6) is 5.75 Å². The van der Waals surface area contributed by atoms with Crippen LogP contribution in [0.25, 0.3) is 6.08 Å². The van der Waals surface area contributed by atoms with E-state index in [-0.39, 0.29) is 17.7 Å². The summed E-state index contributed by atoms with van der Waals surface area (Å²) in [4.78, 5) is 34.4. The molecule has 0 radical (unpaired) electrons. The highest BCUT2D eigenvalue weighted by molar-refractivity contribution is 7.07. The van der Waals surface area contributed by atoms with E-state index in [4.69, 9.17) is 21.1 Å². The molecule has 1 fully saturated rings. The van der Waals surface area contributed by atoms with E-state index in [9.17, 15) is 9.59 Å². The molecule has 0 bridgehead atoms. The van der Waals surface area contributed by atoms with Gasteiger partial charge in [0.2, 0.25) is 0 Å². The van der Waals surface area contributed by atoms with Crippen LogP contribution in [-0.4, -0.2) is 37.3 Å². The number of anilines is 1. The minimum Gasteiger partial charge on any atom is -0.496 e. The number of hydrogen-bond acceptors (Lipinski definition) is 7. The molecule has 2 aliphatic rings. The van der Waals surface area contributed by atoms with E-state index in [1.165, 1.54) is 29.9 Å². The van der Waals surface area contributed by atoms with Gasteiger partial charge in [-0.2, -0.15) is 0 Å². The van der Waals surface area contributed by atoms with Gasteiger partial charge in [0.1, 0.15) is 11.8 Å². The van der Waals surface area contributed by atoms with Gasteiger partial charge < -0.3 is 14.4 Å². The van der Waals surface area contributed by atoms with E-state index in [0.717, 1.165) is 18.7 Å². The SMILES string of the molecule is CCOC(=O)C1=C(C)N=c2s/c(=C\c3ccc(N4CCCC4)cc3)c(=O)n2[C@H]1c1cc(Cl)ccc1OC. The first kappa shape index (κ1) is 25.3. The molecule has 0 spiro atoms. The number of methoxy groups -OCH3 is 1. The molecular weight excluding hydrogens is 510 g/mol. The lowest BCUT2D eigenvalue weighted by Gasteiger charge is -2.26. The third kappa shape index (κ3) is 4.83. The van der Waals surface area contributed by atoms with E-state index in [1.54, 1.807) is 43.7 Å². The smallest absolute Gasteiger partial charge is 0.338 e. The number of nitrogens with zero attached hydrogens (tertiary/aromatic N) is 3. The van der Waals surface area contributed by atoms with Crippen molar-refractivity contribution in [2.45, 2.75) is 32.7 Å². The maximum Gasteiger partial charge on any atom is 0.338 e. The highest BCUT2D eigenvalue weighted by Crippen LogP contribution is 2.37. The van der Waals surface area contributed by atoms with E-state index < -0.39 is 12.0 Å². The van der Waals surface area contributed by atoms with Crippen LogP contribution in [-0.2, 0) is 9.53 Å². The molecule has 2 aromatic carbocycles. The summed E-state index contributed by atoms with van der Waals surface area (Å²) in [6.45, 7) is 5.85. The standard InChI is InChI=1S/C28H28ClN3O4S/c1-4-36-27(34)24-17(2)30-28-32(25(24)21-16-19(29)9-12-22(21)35-3)26(33)23(37-28)15-18-7-10-20(11-8-18)31-13-5-6-14-31/h7-12,15-16,25H,4-6,13-14H2,1-3H3/b23-15-/t25-/m0/s1. The summed E-state index contributed by atoms with van der Waals surface area (Å²) in [5.74, 6) is -0.0134. The van der Waals surface area contributed by atoms with Crippen LogP contribution in [0.2, 0.25) is 5.02 Å². The van der Waals surface area contributed by atoms with E-state index in [0.29, 0.717) is 31.4 Å². The number of halogens is 1. The molecule has 0 N–H and O–H groups in total. The number of allylic oxidation sites excluding steroid dienone is 1. The van der Waals surface area contributed by atoms with E-state index in [1.807, 2.05) is 18.2 Å². The van der Waals surface area contributed by atoms with Gasteiger partial charge in [-0.15, -0.1) is 0 Å². The maximum atomic E-state index is 13.8. The number of rotatable bonds is 6. The highest BCUT2D eigenvalue weighted by atomic mass is 35.5. The van der Waals surface area contributed by atoms with Crippen molar-refractivity contribution >= 4 is 40.7 Å². The maximum absolute atomic E-state index is 13.8. The number of benzene rings is 2. The van der Waals surface area contributed by atoms with Gasteiger partial charge in [-0.3, -0.25) is 9.36 Å². The Bertz CT molecular complexity index is 1550. The number of fused-ring (bicyclic) bond motifs is 1. The summed E-state index contributed by atoms with van der Waals surface area (Å²) in [6, 6.07) is 12.6. The number of carbonyl (C=O) groups is 1. The lowest BCUT2D eigenvalue weighted by atomic mass is 9.95. The predicted octanol–water partition coefficient (Wildman–Crippen LogP) is 4.06. The molecule has 2 aliphatic heterocycles. The molecule has 9 heteroatoms. The summed E-state index contributed by atoms with van der Waals surface area (Å²) in [7, 11) is 1.54. The van der Waals surface area contributed by atoms with Crippen LogP contribution >= 0.6 is 22.9 Å². The summed E-state index contributed by atoms with van der Waals surface area (Å²) in [5, 5.41) is 0.467. The molecule has 37 heavy (non-hydrogen) atoms. The van der Waals surface area contributed by atoms with Gasteiger partial charge >= 0.3 is 5.97 Å². The third-order valence-electron chi connectivity index (χ3n) is 6.67. The molecule has 1 aromatic heterocycles. The van der Waals surface area contributed by atoms with Crippen molar-refractivity contribution in [1.29, 1.82) is 0 Å². The minimum atomic E-state index is -0.788. The average molecular weight is 538 g/mol. The monoisotopic (exact) mass is 537 g/mol. The van der Waals surface area contributed by atoms with Gasteiger partial charge in [0.05, 0.1) is 29.5 Å². The Morgan fingerprint density at radius 1 is 1.19 bits per heavy atom. The fourth-order valence-electron chi connectivity index (χ4n) is 4.91. The molecule has 5 rings (SSSR count). The number of aromatic nitrogens is 1. The van der Waals surface area contributed by atoms with Crippen molar-refractivity contribution in [2.75, 3.05) is 31.7 Å². The quantitative estimate of drug-likeness (QED) is 0.443. The van der Waals surface area contributed by atoms with Crippen molar-refractivity contribution in [3.8, 4) is 5.75 Å². The minimum absolute atomic E-state index is 0.201. The molecule has 3 heterocycles. The van der Waals surface area contributed by atoms with Gasteiger partial charge in [-0.25, -0.2) is 9.79 Å². The van der Waals surface area contributed by atoms with Crippen molar-refractivity contribution in [2.24, 2.45) is 4.99 Å². The first-order valence-corrected chi connectivity index (χ1v) is 13.5. The molecule has 0 aliphatic carbocycles. The zero-order valence-corrected chi connectivity index (χ0v) is 22.6. The van der Waals surface area contributed by atoms with Crippen LogP contribution in [0.4, 0.5) is 5.69 Å². The fraction of sp³-hybridized carbons (Fsp3) is 0.321. The van der Waals surface area contributed by atoms with E-state index in [2.05, 4.69) is 22.0 Å². The number of thiazole rings is 1. The number of esters is 1. The second kappa shape index (κ2) is 10.6. The fourth-order valence-corrected chi connectivity index (χ4v) is 6.14. The zero-order valence-electron chi connectivity index (χ0n) is 21.0. The molecule has 1 atom stereocenters. The topological polar surface area (TPSA) is 73.1 Å². The summed E-state index contributed by atoms with van der Waals surface area (Å²) < 4.78 is 13.0. The summed E-state index contributed by atoms with van der Waals surface area (Å²) in [5.41, 5.74) is 3.25. The predicted molar refractivity (Wildman–Crippen MR) is 146 cm³/mol. The first-order chi connectivity index (χ1) is 17.9. The molecule has 7 nitrogen and oxygen atoms in total. The van der Waals surface area contributed by atoms with Gasteiger partial charge in [0.15, 0.2) is 4.80 Å². The van der Waals surface area contributed by atoms with E-state index >= 15 is 0 Å². The molecule has 0 amide bonds. The van der Waals surface area contributed by atoms with Crippen LogP contribution in [0.1, 0.15) is 43.9 Å². The number of hydrogen-bond donors (Lipinski definition) is 0. The molecule has 3 aromatic rings. The Morgan fingerprint density at radius 3 is 2.59 bits per heavy atom. The average Bonchev–Trinajstić information content (AvgIpc) is 3.52. The Kier molecular flexibility index (Phi) is 7.22. The zero-order chi connectivity index (χ0) is 26.1. The lowest BCUT2D eigenvalue weighted by molar-refractivity contribution is -0.139. The number of carbonyl (C=O) groups excluding carboxylic acids is 1. The third-order valence-corrected chi connectivity index (χ3v) is 7.88. The molecule has 192 valence electrons. The van der Waals surface area contributed by atoms with Crippen LogP contribution in [0.15, 0.2) is 63.5 Å². The van der Waals surface area contributed by atoms with Crippen molar-refractivity contribution in [3.63, 3.8) is 0 Å². The largest absolute Gasteiger partial charge is 0.496 e. The second-order valence-corrected chi connectivity index (χ2v) is 10.4. The van der Waals surface area contributed by atoms with Gasteiger partial charge in [0, 0.05) is 29.4 Å². The summed E-state index contributed by atoms with van der Waals surface area (Å²) >= 11 is 7.64. The molecular formula is C28H28ClN3O4S. The summed E-state index contributed by atoms with van der Waals surface area (Å²) in [6.07, 6.45) is 4.30. The van der Waals surface area contributed by atoms with Gasteiger partial charge in [-0.1, -0.05) is 35.1 Å². The second-order valence-electron chi connectivity index (χ2n) is 8.97. The Hall–Kier alpha value is -3.36. The van der Waals surface area contributed by atoms with Gasteiger partial charge in [-0.05, 0) is 68.7 Å². The number of ether oxygens (including phenoxy) is 2. The Balaban J connectivity index is 1.65. The molecule has 0 unspecified atom stereocenters.